The zero-order chi connectivity index (χ0) is 18.6. The van der Waals surface area contributed by atoms with E-state index in [1.807, 2.05) is 0 Å². The summed E-state index contributed by atoms with van der Waals surface area (Å²) in [5.41, 5.74) is 0.292. The first-order valence-electron chi connectivity index (χ1n) is 9.99. The highest BCUT2D eigenvalue weighted by atomic mass is 19.1. The molecule has 2 aliphatic rings. The van der Waals surface area contributed by atoms with Gasteiger partial charge >= 0.3 is 0 Å². The maximum Gasteiger partial charge on any atom is 0.246 e. The van der Waals surface area contributed by atoms with E-state index in [0.717, 1.165) is 44.8 Å². The maximum absolute atomic E-state index is 13.8. The summed E-state index contributed by atoms with van der Waals surface area (Å²) in [5, 5.41) is 1.59. The van der Waals surface area contributed by atoms with Gasteiger partial charge in [-0.3, -0.25) is 9.63 Å². The van der Waals surface area contributed by atoms with E-state index < -0.39 is 0 Å². The Hall–Kier alpha value is -1.46. The Morgan fingerprint density at radius 3 is 2.50 bits per heavy atom. The van der Waals surface area contributed by atoms with E-state index in [1.165, 1.54) is 18.9 Å². The van der Waals surface area contributed by atoms with Gasteiger partial charge in [0.2, 0.25) is 5.91 Å². The molecule has 0 radical (unpaired) electrons. The number of piperidine rings is 1. The predicted octanol–water partition coefficient (Wildman–Crippen LogP) is 4.15. The summed E-state index contributed by atoms with van der Waals surface area (Å²) in [6.45, 7) is 7.78. The SMILES string of the molecule is CCC(CC)CN1CCC2(CCC(=O)N2OCc2ccccc2F)CC1. The molecule has 2 fully saturated rings. The van der Waals surface area contributed by atoms with Crippen molar-refractivity contribution in [3.05, 3.63) is 35.6 Å². The second-order valence-electron chi connectivity index (χ2n) is 7.76. The lowest BCUT2D eigenvalue weighted by molar-refractivity contribution is -0.223. The summed E-state index contributed by atoms with van der Waals surface area (Å²) in [4.78, 5) is 20.8. The predicted molar refractivity (Wildman–Crippen MR) is 99.7 cm³/mol. The van der Waals surface area contributed by atoms with Crippen LogP contribution >= 0.6 is 0 Å². The second kappa shape index (κ2) is 8.49. The Morgan fingerprint density at radius 1 is 1.15 bits per heavy atom. The van der Waals surface area contributed by atoms with E-state index in [4.69, 9.17) is 4.84 Å². The number of benzene rings is 1. The van der Waals surface area contributed by atoms with Crippen LogP contribution in [0.4, 0.5) is 4.39 Å². The number of carbonyl (C=O) groups excluding carboxylic acids is 1. The highest BCUT2D eigenvalue weighted by molar-refractivity contribution is 5.78. The van der Waals surface area contributed by atoms with Crippen LogP contribution < -0.4 is 0 Å². The second-order valence-corrected chi connectivity index (χ2v) is 7.76. The van der Waals surface area contributed by atoms with E-state index in [-0.39, 0.29) is 23.9 Å². The summed E-state index contributed by atoms with van der Waals surface area (Å²) in [6.07, 6.45) is 5.70. The third-order valence-electron chi connectivity index (χ3n) is 6.23. The molecular formula is C21H31FN2O2. The summed E-state index contributed by atoms with van der Waals surface area (Å²) in [5.74, 6) is 0.505. The maximum atomic E-state index is 13.8. The number of amides is 1. The van der Waals surface area contributed by atoms with E-state index >= 15 is 0 Å². The van der Waals surface area contributed by atoms with Gasteiger partial charge in [-0.25, -0.2) is 9.45 Å². The standard InChI is InChI=1S/C21H31FN2O2/c1-3-17(4-2)15-23-13-11-21(12-14-23)10-9-20(25)24(21)26-16-18-7-5-6-8-19(18)22/h5-8,17H,3-4,9-16H2,1-2H3. The normalized spacial score (nSPS) is 20.5. The third-order valence-corrected chi connectivity index (χ3v) is 6.23. The average Bonchev–Trinajstić information content (AvgIpc) is 2.96. The minimum absolute atomic E-state index is 0.0368. The molecule has 1 spiro atoms. The molecule has 0 aromatic heterocycles. The van der Waals surface area contributed by atoms with Gasteiger partial charge in [-0.1, -0.05) is 44.9 Å². The van der Waals surface area contributed by atoms with Gasteiger partial charge in [0.15, 0.2) is 0 Å². The number of hydrogen-bond acceptors (Lipinski definition) is 3. The first-order valence-corrected chi connectivity index (χ1v) is 9.99. The molecule has 1 aromatic rings. The smallest absolute Gasteiger partial charge is 0.246 e. The van der Waals surface area contributed by atoms with Crippen molar-refractivity contribution in [3.8, 4) is 0 Å². The van der Waals surface area contributed by atoms with Crippen LogP contribution in [-0.2, 0) is 16.2 Å². The zero-order valence-corrected chi connectivity index (χ0v) is 16.0. The molecule has 0 aliphatic carbocycles. The average molecular weight is 362 g/mol. The molecule has 0 N–H and O–H groups in total. The quantitative estimate of drug-likeness (QED) is 0.730. The van der Waals surface area contributed by atoms with E-state index in [0.29, 0.717) is 12.0 Å². The van der Waals surface area contributed by atoms with Crippen LogP contribution in [0.2, 0.25) is 0 Å². The molecule has 4 nitrogen and oxygen atoms in total. The molecule has 0 atom stereocenters. The fourth-order valence-electron chi connectivity index (χ4n) is 4.28. The van der Waals surface area contributed by atoms with Crippen LogP contribution in [0.3, 0.4) is 0 Å². The lowest BCUT2D eigenvalue weighted by atomic mass is 9.85. The third kappa shape index (κ3) is 4.09. The van der Waals surface area contributed by atoms with Crippen molar-refractivity contribution in [3.63, 3.8) is 0 Å². The molecule has 2 heterocycles. The van der Waals surface area contributed by atoms with Crippen molar-refractivity contribution in [2.24, 2.45) is 5.92 Å². The number of hydrogen-bond donors (Lipinski definition) is 0. The first kappa shape index (κ1) is 19.3. The topological polar surface area (TPSA) is 32.8 Å². The van der Waals surface area contributed by atoms with Crippen LogP contribution in [-0.4, -0.2) is 41.0 Å². The Balaban J connectivity index is 1.60. The first-order chi connectivity index (χ1) is 12.6. The van der Waals surface area contributed by atoms with Crippen molar-refractivity contribution in [1.82, 2.24) is 9.96 Å². The van der Waals surface area contributed by atoms with Crippen molar-refractivity contribution in [1.29, 1.82) is 0 Å². The monoisotopic (exact) mass is 362 g/mol. The Bertz CT molecular complexity index is 610. The van der Waals surface area contributed by atoms with E-state index in [2.05, 4.69) is 18.7 Å². The van der Waals surface area contributed by atoms with Gasteiger partial charge in [0, 0.05) is 31.6 Å². The molecule has 3 rings (SSSR count). The fourth-order valence-corrected chi connectivity index (χ4v) is 4.28. The lowest BCUT2D eigenvalue weighted by Gasteiger charge is -2.44. The highest BCUT2D eigenvalue weighted by Gasteiger charge is 2.48. The largest absolute Gasteiger partial charge is 0.303 e. The number of nitrogens with zero attached hydrogens (tertiary/aromatic N) is 2. The van der Waals surface area contributed by atoms with E-state index in [9.17, 15) is 9.18 Å². The van der Waals surface area contributed by atoms with E-state index in [1.54, 1.807) is 23.3 Å². The molecule has 2 aliphatic heterocycles. The van der Waals surface area contributed by atoms with Gasteiger partial charge in [0.05, 0.1) is 5.54 Å². The minimum Gasteiger partial charge on any atom is -0.303 e. The zero-order valence-electron chi connectivity index (χ0n) is 16.0. The molecule has 1 aromatic carbocycles. The Morgan fingerprint density at radius 2 is 1.85 bits per heavy atom. The van der Waals surface area contributed by atoms with Crippen molar-refractivity contribution >= 4 is 5.91 Å². The van der Waals surface area contributed by atoms with Crippen LogP contribution in [0.5, 0.6) is 0 Å². The van der Waals surface area contributed by atoms with Crippen molar-refractivity contribution in [2.75, 3.05) is 19.6 Å². The molecular weight excluding hydrogens is 331 g/mol. The lowest BCUT2D eigenvalue weighted by Crippen LogP contribution is -2.53. The Labute approximate surface area is 156 Å². The molecule has 144 valence electrons. The van der Waals surface area contributed by atoms with Crippen LogP contribution in [0.15, 0.2) is 24.3 Å². The Kier molecular flexibility index (Phi) is 6.30. The van der Waals surface area contributed by atoms with Gasteiger partial charge in [-0.15, -0.1) is 0 Å². The van der Waals surface area contributed by atoms with Gasteiger partial charge in [0.25, 0.3) is 0 Å². The van der Waals surface area contributed by atoms with Gasteiger partial charge in [-0.2, -0.15) is 0 Å². The number of rotatable bonds is 7. The van der Waals surface area contributed by atoms with Gasteiger partial charge < -0.3 is 4.90 Å². The number of halogens is 1. The number of hydroxylamine groups is 2. The van der Waals surface area contributed by atoms with Crippen LogP contribution in [0.25, 0.3) is 0 Å². The summed E-state index contributed by atoms with van der Waals surface area (Å²) >= 11 is 0. The molecule has 5 heteroatoms. The number of likely N-dealkylation sites (tertiary alicyclic amines) is 1. The van der Waals surface area contributed by atoms with Gasteiger partial charge in [0.1, 0.15) is 12.4 Å². The summed E-state index contributed by atoms with van der Waals surface area (Å²) in [7, 11) is 0. The molecule has 0 saturated carbocycles. The van der Waals surface area contributed by atoms with Gasteiger partial charge in [-0.05, 0) is 31.2 Å². The molecule has 0 bridgehead atoms. The summed E-state index contributed by atoms with van der Waals surface area (Å²) < 4.78 is 13.8. The minimum atomic E-state index is -0.284. The number of carbonyl (C=O) groups is 1. The van der Waals surface area contributed by atoms with Crippen molar-refractivity contribution in [2.45, 2.75) is 64.5 Å². The van der Waals surface area contributed by atoms with Crippen molar-refractivity contribution < 1.29 is 14.0 Å². The van der Waals surface area contributed by atoms with Crippen LogP contribution in [0.1, 0.15) is 57.9 Å². The molecule has 1 amide bonds. The highest BCUT2D eigenvalue weighted by Crippen LogP contribution is 2.40. The molecule has 26 heavy (non-hydrogen) atoms. The molecule has 2 saturated heterocycles. The molecule has 0 unspecified atom stereocenters. The fraction of sp³-hybridized carbons (Fsp3) is 0.667. The van der Waals surface area contributed by atoms with Crippen LogP contribution in [0, 0.1) is 11.7 Å². The summed E-state index contributed by atoms with van der Waals surface area (Å²) in [6, 6.07) is 6.59.